The molecule has 6 heteroatoms. The largest absolute Gasteiger partial charge is 0.387 e. The van der Waals surface area contributed by atoms with E-state index in [0.717, 1.165) is 0 Å². The Bertz CT molecular complexity index is 729. The second kappa shape index (κ2) is 6.79. The summed E-state index contributed by atoms with van der Waals surface area (Å²) in [5, 5.41) is 11.0. The van der Waals surface area contributed by atoms with Crippen molar-refractivity contribution in [2.45, 2.75) is 11.9 Å². The van der Waals surface area contributed by atoms with Gasteiger partial charge in [-0.15, -0.1) is 0 Å². The average Bonchev–Trinajstić information content (AvgIpc) is 2.37. The van der Waals surface area contributed by atoms with Crippen molar-refractivity contribution >= 4 is 33.0 Å². The van der Waals surface area contributed by atoms with Gasteiger partial charge in [0.15, 0.2) is 9.84 Å². The molecule has 2 aromatic rings. The van der Waals surface area contributed by atoms with Crippen LogP contribution in [-0.2, 0) is 15.6 Å². The van der Waals surface area contributed by atoms with E-state index in [1.165, 1.54) is 0 Å². The minimum Gasteiger partial charge on any atom is -0.387 e. The summed E-state index contributed by atoms with van der Waals surface area (Å²) in [6.45, 7) is 0. The van der Waals surface area contributed by atoms with Crippen LogP contribution in [0.4, 0.5) is 0 Å². The van der Waals surface area contributed by atoms with Gasteiger partial charge in [0.1, 0.15) is 0 Å². The molecule has 0 bridgehead atoms. The third kappa shape index (κ3) is 5.00. The highest BCUT2D eigenvalue weighted by atomic mass is 35.5. The first-order valence-electron chi connectivity index (χ1n) is 6.24. The van der Waals surface area contributed by atoms with Crippen LogP contribution in [0.25, 0.3) is 0 Å². The maximum Gasteiger partial charge on any atom is 0.157 e. The number of sulfone groups is 1. The molecule has 1 N–H and O–H groups in total. The smallest absolute Gasteiger partial charge is 0.157 e. The fourth-order valence-corrected chi connectivity index (χ4v) is 3.88. The van der Waals surface area contributed by atoms with Crippen molar-refractivity contribution in [1.29, 1.82) is 0 Å². The van der Waals surface area contributed by atoms with E-state index in [1.54, 1.807) is 48.5 Å². The molecule has 0 spiro atoms. The van der Waals surface area contributed by atoms with E-state index in [1.807, 2.05) is 0 Å². The van der Waals surface area contributed by atoms with Gasteiger partial charge in [-0.2, -0.15) is 0 Å². The van der Waals surface area contributed by atoms with Gasteiger partial charge in [-0.1, -0.05) is 47.5 Å². The monoisotopic (exact) mass is 344 g/mol. The van der Waals surface area contributed by atoms with Crippen molar-refractivity contribution < 1.29 is 13.5 Å². The molecule has 0 saturated heterocycles. The van der Waals surface area contributed by atoms with E-state index < -0.39 is 15.9 Å². The summed E-state index contributed by atoms with van der Waals surface area (Å²) in [6.07, 6.45) is -1.10. The molecule has 2 aromatic carbocycles. The van der Waals surface area contributed by atoms with Crippen molar-refractivity contribution in [2.75, 3.05) is 5.75 Å². The van der Waals surface area contributed by atoms with Crippen molar-refractivity contribution in [3.05, 3.63) is 69.7 Å². The van der Waals surface area contributed by atoms with Gasteiger partial charge in [0.25, 0.3) is 0 Å². The van der Waals surface area contributed by atoms with Crippen LogP contribution in [0.15, 0.2) is 48.5 Å². The number of aliphatic hydroxyl groups excluding tert-OH is 1. The Kier molecular flexibility index (Phi) is 5.27. The first-order valence-corrected chi connectivity index (χ1v) is 8.82. The van der Waals surface area contributed by atoms with Crippen molar-refractivity contribution in [1.82, 2.24) is 0 Å². The Morgan fingerprint density at radius 2 is 1.62 bits per heavy atom. The zero-order valence-corrected chi connectivity index (χ0v) is 13.4. The quantitative estimate of drug-likeness (QED) is 0.900. The summed E-state index contributed by atoms with van der Waals surface area (Å²) in [4.78, 5) is 0. The van der Waals surface area contributed by atoms with E-state index in [-0.39, 0.29) is 11.5 Å². The molecule has 1 atom stereocenters. The lowest BCUT2D eigenvalue weighted by Crippen LogP contribution is -2.16. The van der Waals surface area contributed by atoms with Crippen molar-refractivity contribution in [3.63, 3.8) is 0 Å². The van der Waals surface area contributed by atoms with Crippen LogP contribution in [0.5, 0.6) is 0 Å². The maximum atomic E-state index is 12.1. The molecule has 0 amide bonds. The van der Waals surface area contributed by atoms with Crippen LogP contribution >= 0.6 is 23.2 Å². The number of benzene rings is 2. The lowest BCUT2D eigenvalue weighted by molar-refractivity contribution is 0.201. The second-order valence-corrected chi connectivity index (χ2v) is 7.74. The highest BCUT2D eigenvalue weighted by Crippen LogP contribution is 2.21. The first-order chi connectivity index (χ1) is 9.85. The summed E-state index contributed by atoms with van der Waals surface area (Å²) >= 11 is 11.7. The zero-order valence-electron chi connectivity index (χ0n) is 11.0. The average molecular weight is 345 g/mol. The van der Waals surface area contributed by atoms with E-state index in [4.69, 9.17) is 23.2 Å². The number of hydrogen-bond donors (Lipinski definition) is 1. The minimum absolute atomic E-state index is 0.162. The Morgan fingerprint density at radius 3 is 2.24 bits per heavy atom. The lowest BCUT2D eigenvalue weighted by Gasteiger charge is -2.12. The third-order valence-electron chi connectivity index (χ3n) is 2.92. The van der Waals surface area contributed by atoms with Gasteiger partial charge in [-0.05, 0) is 35.4 Å². The minimum atomic E-state index is -3.46. The molecule has 0 saturated carbocycles. The topological polar surface area (TPSA) is 54.4 Å². The Morgan fingerprint density at radius 1 is 1.00 bits per heavy atom. The fourth-order valence-electron chi connectivity index (χ4n) is 1.99. The Hall–Kier alpha value is -1.07. The predicted molar refractivity (Wildman–Crippen MR) is 85.4 cm³/mol. The third-order valence-corrected chi connectivity index (χ3v) is 4.99. The summed E-state index contributed by atoms with van der Waals surface area (Å²) in [5.74, 6) is -0.523. The van der Waals surface area contributed by atoms with Crippen LogP contribution < -0.4 is 0 Å². The highest BCUT2D eigenvalue weighted by Gasteiger charge is 2.19. The van der Waals surface area contributed by atoms with Crippen molar-refractivity contribution in [3.8, 4) is 0 Å². The zero-order chi connectivity index (χ0) is 15.5. The molecule has 0 aliphatic carbocycles. The van der Waals surface area contributed by atoms with E-state index in [9.17, 15) is 13.5 Å². The van der Waals surface area contributed by atoms with Gasteiger partial charge < -0.3 is 5.11 Å². The highest BCUT2D eigenvalue weighted by molar-refractivity contribution is 7.90. The Balaban J connectivity index is 2.10. The van der Waals surface area contributed by atoms with Gasteiger partial charge in [-0.25, -0.2) is 8.42 Å². The summed E-state index contributed by atoms with van der Waals surface area (Å²) < 4.78 is 24.3. The predicted octanol–water partition coefficient (Wildman–Crippen LogP) is 3.64. The van der Waals surface area contributed by atoms with Gasteiger partial charge in [-0.3, -0.25) is 0 Å². The molecule has 2 rings (SSSR count). The number of rotatable bonds is 5. The molecule has 112 valence electrons. The van der Waals surface area contributed by atoms with Crippen molar-refractivity contribution in [2.24, 2.45) is 0 Å². The maximum absolute atomic E-state index is 12.1. The molecule has 1 unspecified atom stereocenters. The normalized spacial score (nSPS) is 13.1. The summed E-state index contributed by atoms with van der Waals surface area (Å²) in [6, 6.07) is 13.2. The molecule has 0 radical (unpaired) electrons. The SMILES string of the molecule is O=S(=O)(Cc1cccc(Cl)c1)CC(O)c1cccc(Cl)c1. The number of aliphatic hydroxyl groups is 1. The first kappa shape index (κ1) is 16.3. The van der Waals surface area contributed by atoms with Gasteiger partial charge >= 0.3 is 0 Å². The van der Waals surface area contributed by atoms with Gasteiger partial charge in [0, 0.05) is 10.0 Å². The molecular weight excluding hydrogens is 331 g/mol. The fraction of sp³-hybridized carbons (Fsp3) is 0.200. The molecule has 3 nitrogen and oxygen atoms in total. The lowest BCUT2D eigenvalue weighted by atomic mass is 10.1. The molecular formula is C15H14Cl2O3S. The summed E-state index contributed by atoms with van der Waals surface area (Å²) in [7, 11) is -3.46. The molecule has 0 fully saturated rings. The molecule has 21 heavy (non-hydrogen) atoms. The van der Waals surface area contributed by atoms with E-state index in [0.29, 0.717) is 21.2 Å². The Labute approximate surface area is 134 Å². The van der Waals surface area contributed by atoms with Crippen LogP contribution in [0, 0.1) is 0 Å². The molecule has 0 aliphatic heterocycles. The summed E-state index contributed by atoms with van der Waals surface area (Å²) in [5.41, 5.74) is 1.08. The molecule has 0 aliphatic rings. The van der Waals surface area contributed by atoms with E-state index >= 15 is 0 Å². The van der Waals surface area contributed by atoms with Gasteiger partial charge in [0.2, 0.25) is 0 Å². The van der Waals surface area contributed by atoms with Gasteiger partial charge in [0.05, 0.1) is 17.6 Å². The molecule has 0 aromatic heterocycles. The standard InChI is InChI=1S/C15H14Cl2O3S/c16-13-5-1-3-11(7-13)9-21(19,20)10-15(18)12-4-2-6-14(17)8-12/h1-8,15,18H,9-10H2. The van der Waals surface area contributed by atoms with Crippen LogP contribution in [-0.4, -0.2) is 19.3 Å². The van der Waals surface area contributed by atoms with Crippen LogP contribution in [0.3, 0.4) is 0 Å². The van der Waals surface area contributed by atoms with E-state index in [2.05, 4.69) is 0 Å². The number of halogens is 2. The second-order valence-electron chi connectivity index (χ2n) is 4.76. The van der Waals surface area contributed by atoms with Crippen LogP contribution in [0.2, 0.25) is 10.0 Å². The van der Waals surface area contributed by atoms with Crippen LogP contribution in [0.1, 0.15) is 17.2 Å². The number of hydrogen-bond acceptors (Lipinski definition) is 3. The molecule has 0 heterocycles.